The van der Waals surface area contributed by atoms with Gasteiger partial charge in [-0.2, -0.15) is 0 Å². The minimum Gasteiger partial charge on any atom is -0.480 e. The van der Waals surface area contributed by atoms with Gasteiger partial charge in [0, 0.05) is 32.1 Å². The molecule has 0 radical (unpaired) electrons. The quantitative estimate of drug-likeness (QED) is 0.904. The van der Waals surface area contributed by atoms with Gasteiger partial charge in [0.2, 0.25) is 5.91 Å². The molecule has 0 bridgehead atoms. The topological polar surface area (TPSA) is 66.8 Å². The highest BCUT2D eigenvalue weighted by Gasteiger charge is 2.59. The van der Waals surface area contributed by atoms with Crippen LogP contribution in [0.15, 0.2) is 24.3 Å². The van der Waals surface area contributed by atoms with Gasteiger partial charge in [0.25, 0.3) is 0 Å². The molecule has 1 amide bonds. The molecule has 1 aromatic carbocycles. The maximum atomic E-state index is 13.0. The lowest BCUT2D eigenvalue weighted by atomic mass is 9.91. The van der Waals surface area contributed by atoms with Gasteiger partial charge in [0.15, 0.2) is 0 Å². The Morgan fingerprint density at radius 2 is 1.87 bits per heavy atom. The fourth-order valence-corrected chi connectivity index (χ4v) is 4.20. The molecule has 1 aromatic rings. The number of carboxylic acids is 1. The van der Waals surface area contributed by atoms with Crippen LogP contribution in [0.2, 0.25) is 0 Å². The van der Waals surface area contributed by atoms with Gasteiger partial charge in [-0.05, 0) is 35.8 Å². The van der Waals surface area contributed by atoms with Crippen LogP contribution in [0.1, 0.15) is 30.4 Å². The molecular weight excluding hydrogens is 294 g/mol. The zero-order chi connectivity index (χ0) is 16.0. The lowest BCUT2D eigenvalue weighted by Crippen LogP contribution is -2.49. The van der Waals surface area contributed by atoms with E-state index in [-0.39, 0.29) is 17.2 Å². The van der Waals surface area contributed by atoms with Gasteiger partial charge >= 0.3 is 5.97 Å². The van der Waals surface area contributed by atoms with Crippen molar-refractivity contribution >= 4 is 11.9 Å². The van der Waals surface area contributed by atoms with Gasteiger partial charge in [0.05, 0.1) is 0 Å². The van der Waals surface area contributed by atoms with Crippen LogP contribution < -0.4 is 0 Å². The molecule has 1 aliphatic carbocycles. The number of ether oxygens (including phenoxy) is 1. The summed E-state index contributed by atoms with van der Waals surface area (Å²) in [5.41, 5.74) is 2.19. The van der Waals surface area contributed by atoms with E-state index in [0.29, 0.717) is 13.0 Å². The van der Waals surface area contributed by atoms with Crippen LogP contribution >= 0.6 is 0 Å². The van der Waals surface area contributed by atoms with Crippen molar-refractivity contribution in [2.45, 2.75) is 38.3 Å². The molecule has 1 saturated carbocycles. The Hall–Kier alpha value is -1.88. The number of nitrogens with zero attached hydrogens (tertiary/aromatic N) is 1. The molecule has 0 aromatic heterocycles. The average Bonchev–Trinajstić information content (AvgIpc) is 3.26. The van der Waals surface area contributed by atoms with E-state index in [1.54, 1.807) is 4.90 Å². The van der Waals surface area contributed by atoms with Crippen LogP contribution in [0.25, 0.3) is 0 Å². The number of carbonyl (C=O) groups excluding carboxylic acids is 1. The molecule has 122 valence electrons. The maximum Gasteiger partial charge on any atom is 0.326 e. The largest absolute Gasteiger partial charge is 0.480 e. The smallest absolute Gasteiger partial charge is 0.326 e. The molecule has 2 heterocycles. The van der Waals surface area contributed by atoms with Crippen molar-refractivity contribution in [1.29, 1.82) is 0 Å². The fourth-order valence-electron chi connectivity index (χ4n) is 4.20. The van der Waals surface area contributed by atoms with Gasteiger partial charge in [-0.3, -0.25) is 4.79 Å². The third kappa shape index (κ3) is 2.43. The molecule has 1 unspecified atom stereocenters. The van der Waals surface area contributed by atoms with Crippen LogP contribution in [0, 0.1) is 11.3 Å². The number of benzene rings is 1. The second kappa shape index (κ2) is 5.34. The minimum atomic E-state index is -0.908. The van der Waals surface area contributed by atoms with Crippen molar-refractivity contribution < 1.29 is 19.4 Å². The highest BCUT2D eigenvalue weighted by atomic mass is 16.5. The van der Waals surface area contributed by atoms with Gasteiger partial charge in [-0.15, -0.1) is 0 Å². The van der Waals surface area contributed by atoms with E-state index < -0.39 is 12.0 Å². The number of carbonyl (C=O) groups is 2. The second-order valence-corrected chi connectivity index (χ2v) is 7.02. The van der Waals surface area contributed by atoms with Crippen LogP contribution in [0.3, 0.4) is 0 Å². The molecule has 2 fully saturated rings. The van der Waals surface area contributed by atoms with Crippen molar-refractivity contribution in [3.05, 3.63) is 35.4 Å². The van der Waals surface area contributed by atoms with Crippen LogP contribution in [-0.2, 0) is 27.3 Å². The minimum absolute atomic E-state index is 0.0153. The maximum absolute atomic E-state index is 13.0. The summed E-state index contributed by atoms with van der Waals surface area (Å²) in [6.45, 7) is 1.85. The summed E-state index contributed by atoms with van der Waals surface area (Å²) >= 11 is 0. The van der Waals surface area contributed by atoms with Gasteiger partial charge in [0.1, 0.15) is 6.04 Å². The molecule has 1 N–H and O–H groups in total. The average molecular weight is 315 g/mol. The molecule has 1 spiro atoms. The summed E-state index contributed by atoms with van der Waals surface area (Å²) in [6.07, 6.45) is 3.14. The van der Waals surface area contributed by atoms with E-state index in [9.17, 15) is 14.7 Å². The first-order chi connectivity index (χ1) is 11.1. The molecule has 23 heavy (non-hydrogen) atoms. The fraction of sp³-hybridized carbons (Fsp3) is 0.556. The zero-order valence-electron chi connectivity index (χ0n) is 13.0. The number of carboxylic acid groups (broad SMARTS) is 1. The van der Waals surface area contributed by atoms with Gasteiger partial charge < -0.3 is 14.7 Å². The Labute approximate surface area is 135 Å². The van der Waals surface area contributed by atoms with Crippen molar-refractivity contribution in [1.82, 2.24) is 4.90 Å². The zero-order valence-corrected chi connectivity index (χ0v) is 13.0. The van der Waals surface area contributed by atoms with Gasteiger partial charge in [-0.25, -0.2) is 4.79 Å². The third-order valence-electron chi connectivity index (χ3n) is 5.79. The lowest BCUT2D eigenvalue weighted by Gasteiger charge is -2.35. The Morgan fingerprint density at radius 3 is 2.57 bits per heavy atom. The Morgan fingerprint density at radius 1 is 1.17 bits per heavy atom. The summed E-state index contributed by atoms with van der Waals surface area (Å²) in [5.74, 6) is -0.901. The first-order valence-electron chi connectivity index (χ1n) is 8.28. The van der Waals surface area contributed by atoms with Crippen molar-refractivity contribution in [2.24, 2.45) is 11.3 Å². The Balaban J connectivity index is 1.57. The number of aliphatic carboxylic acids is 1. The molecule has 2 atom stereocenters. The molecule has 4 rings (SSSR count). The molecule has 5 nitrogen and oxygen atoms in total. The van der Waals surface area contributed by atoms with Crippen LogP contribution in [0.4, 0.5) is 0 Å². The molecule has 2 aliphatic heterocycles. The predicted octanol–water partition coefficient (Wildman–Crippen LogP) is 1.84. The van der Waals surface area contributed by atoms with E-state index >= 15 is 0 Å². The summed E-state index contributed by atoms with van der Waals surface area (Å²) < 4.78 is 5.41. The van der Waals surface area contributed by atoms with Crippen molar-refractivity contribution in [2.75, 3.05) is 13.2 Å². The number of fused-ring (bicyclic) bond motifs is 1. The molecule has 1 saturated heterocycles. The van der Waals surface area contributed by atoms with E-state index in [4.69, 9.17) is 4.74 Å². The van der Waals surface area contributed by atoms with Gasteiger partial charge in [-0.1, -0.05) is 24.3 Å². The molecule has 5 heteroatoms. The SMILES string of the molecule is O=C(O)[C@@H]1Cc2ccccc2CN1C(=O)C1CC12CCOCC2. The summed E-state index contributed by atoms with van der Waals surface area (Å²) in [6, 6.07) is 7.08. The third-order valence-corrected chi connectivity index (χ3v) is 5.79. The van der Waals surface area contributed by atoms with E-state index in [1.807, 2.05) is 24.3 Å². The summed E-state index contributed by atoms with van der Waals surface area (Å²) in [5, 5.41) is 9.57. The first kappa shape index (κ1) is 14.7. The van der Waals surface area contributed by atoms with Crippen LogP contribution in [-0.4, -0.2) is 41.1 Å². The van der Waals surface area contributed by atoms with Crippen molar-refractivity contribution in [3.8, 4) is 0 Å². The number of hydrogen-bond donors (Lipinski definition) is 1. The molecular formula is C18H21NO4. The number of amides is 1. The predicted molar refractivity (Wildman–Crippen MR) is 82.7 cm³/mol. The van der Waals surface area contributed by atoms with Crippen LogP contribution in [0.5, 0.6) is 0 Å². The Kier molecular flexibility index (Phi) is 3.41. The summed E-state index contributed by atoms with van der Waals surface area (Å²) in [7, 11) is 0. The lowest BCUT2D eigenvalue weighted by molar-refractivity contribution is -0.152. The highest BCUT2D eigenvalue weighted by molar-refractivity contribution is 5.88. The normalized spacial score (nSPS) is 28.3. The van der Waals surface area contributed by atoms with Crippen molar-refractivity contribution in [3.63, 3.8) is 0 Å². The Bertz CT molecular complexity index is 650. The number of rotatable bonds is 2. The standard InChI is InChI=1S/C18H21NO4/c20-16(14-10-18(14)5-7-23-8-6-18)19-11-13-4-2-1-3-12(13)9-15(19)17(21)22/h1-4,14-15H,5-11H2,(H,21,22)/t14?,15-/m0/s1. The van der Waals surface area contributed by atoms with E-state index in [0.717, 1.165) is 43.6 Å². The van der Waals surface area contributed by atoms with E-state index in [2.05, 4.69) is 0 Å². The highest BCUT2D eigenvalue weighted by Crippen LogP contribution is 2.60. The molecule has 3 aliphatic rings. The first-order valence-corrected chi connectivity index (χ1v) is 8.28. The summed E-state index contributed by atoms with van der Waals surface area (Å²) in [4.78, 5) is 26.3. The second-order valence-electron chi connectivity index (χ2n) is 7.02. The monoisotopic (exact) mass is 315 g/mol. The number of hydrogen-bond acceptors (Lipinski definition) is 3. The van der Waals surface area contributed by atoms with E-state index in [1.165, 1.54) is 0 Å².